The summed E-state index contributed by atoms with van der Waals surface area (Å²) in [7, 11) is 1.37. The maximum absolute atomic E-state index is 14.0. The van der Waals surface area contributed by atoms with E-state index >= 15 is 0 Å². The molecule has 1 unspecified atom stereocenters. The van der Waals surface area contributed by atoms with Crippen molar-refractivity contribution < 1.29 is 28.2 Å². The molecule has 3 atom stereocenters. The van der Waals surface area contributed by atoms with Gasteiger partial charge in [0, 0.05) is 33.0 Å². The Labute approximate surface area is 290 Å². The standard InChI is InChI=1S/C38H37Cl2FN2O5/c1-4-35(26-10-13-31(39)32(40)17-26)47-30-11-8-25(9-12-30)36-14-15-43(23(2)44)33-18-27-19-34(38(45)46-3)42(22-28(27)20-37(33)48-36)21-24-6-5-7-29(41)16-24/h5-13,16-18,20,34-36H,4,14-15,19,21-22H2,1-3H3/t34-,35+,36?/m0/s1. The number of benzene rings is 4. The molecule has 250 valence electrons. The third-order valence-corrected chi connectivity index (χ3v) is 9.77. The minimum absolute atomic E-state index is 0.0924. The molecule has 2 aliphatic rings. The van der Waals surface area contributed by atoms with Gasteiger partial charge in [-0.25, -0.2) is 4.39 Å². The fourth-order valence-corrected chi connectivity index (χ4v) is 6.84. The van der Waals surface area contributed by atoms with Gasteiger partial charge in [-0.05, 0) is 89.2 Å². The lowest BCUT2D eigenvalue weighted by Crippen LogP contribution is -2.45. The first-order valence-electron chi connectivity index (χ1n) is 16.0. The number of fused-ring (bicyclic) bond motifs is 2. The van der Waals surface area contributed by atoms with Crippen LogP contribution >= 0.6 is 23.2 Å². The quantitative estimate of drug-likeness (QED) is 0.173. The average molecular weight is 692 g/mol. The summed E-state index contributed by atoms with van der Waals surface area (Å²) in [5.41, 5.74) is 5.26. The number of hydrogen-bond acceptors (Lipinski definition) is 6. The Morgan fingerprint density at radius 2 is 1.79 bits per heavy atom. The molecule has 0 saturated carbocycles. The zero-order valence-corrected chi connectivity index (χ0v) is 28.6. The molecular formula is C38H37Cl2FN2O5. The van der Waals surface area contributed by atoms with E-state index in [9.17, 15) is 14.0 Å². The van der Waals surface area contributed by atoms with E-state index in [0.717, 1.165) is 34.2 Å². The number of ether oxygens (including phenoxy) is 3. The minimum Gasteiger partial charge on any atom is -0.486 e. The van der Waals surface area contributed by atoms with E-state index in [1.54, 1.807) is 24.0 Å². The summed E-state index contributed by atoms with van der Waals surface area (Å²) in [4.78, 5) is 29.5. The highest BCUT2D eigenvalue weighted by atomic mass is 35.5. The largest absolute Gasteiger partial charge is 0.486 e. The zero-order valence-electron chi connectivity index (χ0n) is 27.0. The molecule has 48 heavy (non-hydrogen) atoms. The number of nitrogens with zero attached hydrogens (tertiary/aromatic N) is 2. The predicted octanol–water partition coefficient (Wildman–Crippen LogP) is 8.64. The molecule has 4 aromatic carbocycles. The normalized spacial score (nSPS) is 18.2. The van der Waals surface area contributed by atoms with Gasteiger partial charge < -0.3 is 19.1 Å². The fraction of sp³-hybridized carbons (Fsp3) is 0.316. The molecule has 10 heteroatoms. The number of hydrogen-bond donors (Lipinski definition) is 0. The Kier molecular flexibility index (Phi) is 10.2. The van der Waals surface area contributed by atoms with Crippen molar-refractivity contribution in [2.75, 3.05) is 18.6 Å². The lowest BCUT2D eigenvalue weighted by molar-refractivity contribution is -0.148. The van der Waals surface area contributed by atoms with Gasteiger partial charge in [0.15, 0.2) is 0 Å². The average Bonchev–Trinajstić information content (AvgIpc) is 3.26. The monoisotopic (exact) mass is 690 g/mol. The second-order valence-electron chi connectivity index (χ2n) is 12.2. The van der Waals surface area contributed by atoms with Gasteiger partial charge in [-0.1, -0.05) is 60.5 Å². The molecule has 0 bridgehead atoms. The molecule has 0 saturated heterocycles. The summed E-state index contributed by atoms with van der Waals surface area (Å²) >= 11 is 12.4. The van der Waals surface area contributed by atoms with Crippen LogP contribution in [0.25, 0.3) is 0 Å². The van der Waals surface area contributed by atoms with Gasteiger partial charge in [0.1, 0.15) is 35.6 Å². The fourth-order valence-electron chi connectivity index (χ4n) is 6.53. The van der Waals surface area contributed by atoms with Crippen molar-refractivity contribution >= 4 is 40.8 Å². The van der Waals surface area contributed by atoms with E-state index < -0.39 is 6.04 Å². The molecular weight excluding hydrogens is 654 g/mol. The number of anilines is 1. The summed E-state index contributed by atoms with van der Waals surface area (Å²) in [6, 6.07) is 23.1. The molecule has 2 heterocycles. The van der Waals surface area contributed by atoms with Gasteiger partial charge in [0.25, 0.3) is 0 Å². The highest BCUT2D eigenvalue weighted by molar-refractivity contribution is 6.42. The van der Waals surface area contributed by atoms with Gasteiger partial charge in [-0.15, -0.1) is 0 Å². The zero-order chi connectivity index (χ0) is 33.9. The summed E-state index contributed by atoms with van der Waals surface area (Å²) in [6.07, 6.45) is 1.21. The van der Waals surface area contributed by atoms with Gasteiger partial charge in [-0.3, -0.25) is 14.5 Å². The first-order chi connectivity index (χ1) is 23.1. The summed E-state index contributed by atoms with van der Waals surface area (Å²) in [5, 5.41) is 0.987. The van der Waals surface area contributed by atoms with Crippen molar-refractivity contribution in [2.24, 2.45) is 0 Å². The highest BCUT2D eigenvalue weighted by Crippen LogP contribution is 2.42. The van der Waals surface area contributed by atoms with Crippen molar-refractivity contribution in [3.63, 3.8) is 0 Å². The minimum atomic E-state index is -0.557. The first-order valence-corrected chi connectivity index (χ1v) is 16.8. The third-order valence-electron chi connectivity index (χ3n) is 9.03. The highest BCUT2D eigenvalue weighted by Gasteiger charge is 2.35. The molecule has 7 nitrogen and oxygen atoms in total. The summed E-state index contributed by atoms with van der Waals surface area (Å²) < 4.78 is 32.1. The molecule has 0 aromatic heterocycles. The van der Waals surface area contributed by atoms with Crippen molar-refractivity contribution in [1.82, 2.24) is 4.90 Å². The summed E-state index contributed by atoms with van der Waals surface area (Å²) in [5.74, 6) is 0.528. The van der Waals surface area contributed by atoms with Crippen LogP contribution in [0.5, 0.6) is 11.5 Å². The van der Waals surface area contributed by atoms with Crippen molar-refractivity contribution in [3.05, 3.63) is 123 Å². The molecule has 0 spiro atoms. The van der Waals surface area contributed by atoms with Crippen LogP contribution in [0.15, 0.2) is 78.9 Å². The Morgan fingerprint density at radius 3 is 2.48 bits per heavy atom. The van der Waals surface area contributed by atoms with Crippen LogP contribution in [0.3, 0.4) is 0 Å². The van der Waals surface area contributed by atoms with Crippen molar-refractivity contribution in [2.45, 2.75) is 64.4 Å². The maximum atomic E-state index is 14.0. The van der Waals surface area contributed by atoms with Crippen LogP contribution in [-0.2, 0) is 33.8 Å². The Hall–Kier alpha value is -4.11. The second-order valence-corrected chi connectivity index (χ2v) is 13.0. The van der Waals surface area contributed by atoms with E-state index in [-0.39, 0.29) is 29.9 Å². The number of methoxy groups -OCH3 is 1. The molecule has 0 N–H and O–H groups in total. The van der Waals surface area contributed by atoms with E-state index in [1.165, 1.54) is 19.2 Å². The van der Waals surface area contributed by atoms with Gasteiger partial charge >= 0.3 is 5.97 Å². The number of halogens is 3. The van der Waals surface area contributed by atoms with Gasteiger partial charge in [-0.2, -0.15) is 0 Å². The van der Waals surface area contributed by atoms with E-state index in [0.29, 0.717) is 59.7 Å². The van der Waals surface area contributed by atoms with Crippen LogP contribution in [0, 0.1) is 5.82 Å². The van der Waals surface area contributed by atoms with Crippen LogP contribution in [0.4, 0.5) is 10.1 Å². The number of carbonyl (C=O) groups excluding carboxylic acids is 2. The van der Waals surface area contributed by atoms with Crippen LogP contribution in [0.2, 0.25) is 10.0 Å². The van der Waals surface area contributed by atoms with Crippen LogP contribution in [-0.4, -0.2) is 36.5 Å². The van der Waals surface area contributed by atoms with Crippen molar-refractivity contribution in [1.29, 1.82) is 0 Å². The van der Waals surface area contributed by atoms with Crippen LogP contribution < -0.4 is 14.4 Å². The topological polar surface area (TPSA) is 68.3 Å². The number of esters is 1. The van der Waals surface area contributed by atoms with E-state index in [2.05, 4.69) is 0 Å². The number of carbonyl (C=O) groups is 2. The molecule has 2 aliphatic heterocycles. The third kappa shape index (κ3) is 7.31. The maximum Gasteiger partial charge on any atom is 0.323 e. The Bertz CT molecular complexity index is 1820. The SMILES string of the molecule is CC[C@@H](Oc1ccc(C2CCN(C(C)=O)c3cc4c(cc3O2)CN(Cc2cccc(F)c2)[C@H](C(=O)OC)C4)cc1)c1ccc(Cl)c(Cl)c1. The van der Waals surface area contributed by atoms with E-state index in [4.69, 9.17) is 37.4 Å². The predicted molar refractivity (Wildman–Crippen MR) is 184 cm³/mol. The number of amides is 1. The second kappa shape index (κ2) is 14.6. The Morgan fingerprint density at radius 1 is 1.00 bits per heavy atom. The smallest absolute Gasteiger partial charge is 0.323 e. The summed E-state index contributed by atoms with van der Waals surface area (Å²) in [6.45, 7) is 4.86. The molecule has 1 amide bonds. The van der Waals surface area contributed by atoms with Crippen LogP contribution in [0.1, 0.15) is 66.7 Å². The van der Waals surface area contributed by atoms with E-state index in [1.807, 2.05) is 66.4 Å². The Balaban J connectivity index is 1.26. The molecule has 0 aliphatic carbocycles. The molecule has 0 fully saturated rings. The lowest BCUT2D eigenvalue weighted by Gasteiger charge is -2.36. The lowest BCUT2D eigenvalue weighted by atomic mass is 9.92. The molecule has 0 radical (unpaired) electrons. The first kappa shape index (κ1) is 33.8. The van der Waals surface area contributed by atoms with Crippen molar-refractivity contribution in [3.8, 4) is 11.5 Å². The molecule has 6 rings (SSSR count). The van der Waals surface area contributed by atoms with Gasteiger partial charge in [0.2, 0.25) is 5.91 Å². The molecule has 4 aromatic rings. The van der Waals surface area contributed by atoms with Gasteiger partial charge in [0.05, 0.1) is 22.8 Å². The number of rotatable bonds is 8.